The molecule has 23 heavy (non-hydrogen) atoms. The zero-order chi connectivity index (χ0) is 16.6. The van der Waals surface area contributed by atoms with Crippen LogP contribution in [0.15, 0.2) is 12.1 Å². The largest absolute Gasteiger partial charge is 0.493 e. The van der Waals surface area contributed by atoms with Crippen molar-refractivity contribution in [3.63, 3.8) is 0 Å². The van der Waals surface area contributed by atoms with Gasteiger partial charge in [-0.2, -0.15) is 0 Å². The molecule has 2 heterocycles. The van der Waals surface area contributed by atoms with E-state index in [4.69, 9.17) is 9.47 Å². The third kappa shape index (κ3) is 2.62. The van der Waals surface area contributed by atoms with Gasteiger partial charge in [0.25, 0.3) is 0 Å². The van der Waals surface area contributed by atoms with Crippen LogP contribution < -0.4 is 14.8 Å². The van der Waals surface area contributed by atoms with Gasteiger partial charge in [-0.3, -0.25) is 9.59 Å². The second-order valence-corrected chi connectivity index (χ2v) is 6.18. The molecule has 1 N–H and O–H groups in total. The molecule has 0 aromatic heterocycles. The monoisotopic (exact) mass is 318 g/mol. The highest BCUT2D eigenvalue weighted by Gasteiger charge is 2.43. The fourth-order valence-electron chi connectivity index (χ4n) is 3.66. The lowest BCUT2D eigenvalue weighted by molar-refractivity contribution is -0.131. The lowest BCUT2D eigenvalue weighted by Gasteiger charge is -2.45. The number of rotatable bonds is 2. The fourth-order valence-corrected chi connectivity index (χ4v) is 3.66. The smallest absolute Gasteiger partial charge is 0.225 e. The second kappa shape index (κ2) is 5.76. The summed E-state index contributed by atoms with van der Waals surface area (Å²) in [6.07, 6.45) is 1.76. The van der Waals surface area contributed by atoms with Crippen molar-refractivity contribution in [1.82, 2.24) is 10.2 Å². The first kappa shape index (κ1) is 15.6. The van der Waals surface area contributed by atoms with Gasteiger partial charge in [0, 0.05) is 20.0 Å². The van der Waals surface area contributed by atoms with E-state index in [2.05, 4.69) is 5.32 Å². The van der Waals surface area contributed by atoms with Gasteiger partial charge in [0.1, 0.15) is 0 Å². The first-order chi connectivity index (χ1) is 11.0. The number of methoxy groups -OCH3 is 2. The number of benzene rings is 1. The zero-order valence-corrected chi connectivity index (χ0v) is 13.8. The zero-order valence-electron chi connectivity index (χ0n) is 13.8. The van der Waals surface area contributed by atoms with Gasteiger partial charge in [-0.15, -0.1) is 0 Å². The molecule has 0 bridgehead atoms. The van der Waals surface area contributed by atoms with Crippen molar-refractivity contribution in [2.45, 2.75) is 31.7 Å². The number of hydrogen-bond acceptors (Lipinski definition) is 4. The molecular formula is C17H22N2O4. The van der Waals surface area contributed by atoms with Crippen LogP contribution in [0.4, 0.5) is 0 Å². The van der Waals surface area contributed by atoms with Crippen LogP contribution in [0, 0.1) is 0 Å². The molecule has 2 aliphatic heterocycles. The van der Waals surface area contributed by atoms with Crippen LogP contribution in [-0.2, 0) is 21.5 Å². The predicted octanol–water partition coefficient (Wildman–Crippen LogP) is 1.21. The van der Waals surface area contributed by atoms with Crippen molar-refractivity contribution in [3.8, 4) is 11.5 Å². The number of nitrogens with zero attached hydrogens (tertiary/aromatic N) is 1. The van der Waals surface area contributed by atoms with Crippen LogP contribution in [0.3, 0.4) is 0 Å². The Morgan fingerprint density at radius 1 is 1.17 bits per heavy atom. The fraction of sp³-hybridized carbons (Fsp3) is 0.529. The molecule has 1 spiro atoms. The number of fused-ring (bicyclic) bond motifs is 2. The highest BCUT2D eigenvalue weighted by atomic mass is 16.5. The molecule has 0 unspecified atom stereocenters. The van der Waals surface area contributed by atoms with Crippen LogP contribution in [0.5, 0.6) is 11.5 Å². The number of carbonyl (C=O) groups is 2. The van der Waals surface area contributed by atoms with Crippen LogP contribution in [0.25, 0.3) is 0 Å². The van der Waals surface area contributed by atoms with E-state index in [1.165, 1.54) is 0 Å². The Labute approximate surface area is 135 Å². The standard InChI is InChI=1S/C17H22N2O4/c1-11(20)19-6-4-17(5-7-19)13-10-15(23-3)14(22-2)8-12(13)9-16(21)18-17/h8,10H,4-7,9H2,1-3H3,(H,18,21). The number of nitrogens with one attached hydrogen (secondary N) is 1. The number of piperidine rings is 1. The Morgan fingerprint density at radius 3 is 2.35 bits per heavy atom. The maximum Gasteiger partial charge on any atom is 0.225 e. The molecule has 0 atom stereocenters. The van der Waals surface area contributed by atoms with E-state index >= 15 is 0 Å². The van der Waals surface area contributed by atoms with Crippen molar-refractivity contribution in [2.75, 3.05) is 27.3 Å². The Hall–Kier alpha value is -2.24. The highest BCUT2D eigenvalue weighted by Crippen LogP contribution is 2.42. The molecule has 3 rings (SSSR count). The summed E-state index contributed by atoms with van der Waals surface area (Å²) in [4.78, 5) is 25.6. The van der Waals surface area contributed by atoms with Crippen LogP contribution in [0.1, 0.15) is 30.9 Å². The number of hydrogen-bond donors (Lipinski definition) is 1. The number of likely N-dealkylation sites (tertiary alicyclic amines) is 1. The first-order valence-electron chi connectivity index (χ1n) is 7.81. The summed E-state index contributed by atoms with van der Waals surface area (Å²) in [6.45, 7) is 2.87. The molecule has 0 radical (unpaired) electrons. The van der Waals surface area contributed by atoms with Crippen molar-refractivity contribution in [3.05, 3.63) is 23.3 Å². The Balaban J connectivity index is 2.01. The summed E-state index contributed by atoms with van der Waals surface area (Å²) in [5.74, 6) is 1.39. The van der Waals surface area contributed by atoms with Crippen LogP contribution in [-0.4, -0.2) is 44.0 Å². The molecule has 0 saturated carbocycles. The third-order valence-corrected chi connectivity index (χ3v) is 4.92. The molecule has 1 aromatic carbocycles. The maximum atomic E-state index is 12.2. The average molecular weight is 318 g/mol. The van der Waals surface area contributed by atoms with Gasteiger partial charge in [-0.05, 0) is 36.1 Å². The second-order valence-electron chi connectivity index (χ2n) is 6.18. The Morgan fingerprint density at radius 2 is 1.78 bits per heavy atom. The lowest BCUT2D eigenvalue weighted by Crippen LogP contribution is -2.56. The summed E-state index contributed by atoms with van der Waals surface area (Å²) in [7, 11) is 3.20. The topological polar surface area (TPSA) is 67.9 Å². The quantitative estimate of drug-likeness (QED) is 0.890. The first-order valence-corrected chi connectivity index (χ1v) is 7.81. The van der Waals surface area contributed by atoms with Crippen molar-refractivity contribution >= 4 is 11.8 Å². The Kier molecular flexibility index (Phi) is 3.92. The summed E-state index contributed by atoms with van der Waals surface area (Å²) in [5.41, 5.74) is 1.64. The molecule has 124 valence electrons. The summed E-state index contributed by atoms with van der Waals surface area (Å²) < 4.78 is 10.8. The van der Waals surface area contributed by atoms with Gasteiger partial charge in [0.05, 0.1) is 26.2 Å². The SMILES string of the molecule is COc1cc2c(cc1OC)C1(CCN(C(C)=O)CC1)NC(=O)C2. The normalized spacial score (nSPS) is 19.1. The molecule has 6 nitrogen and oxygen atoms in total. The van der Waals surface area contributed by atoms with Gasteiger partial charge in [0.2, 0.25) is 11.8 Å². The molecule has 0 aliphatic carbocycles. The molecule has 1 saturated heterocycles. The summed E-state index contributed by atoms with van der Waals surface area (Å²) >= 11 is 0. The lowest BCUT2D eigenvalue weighted by atomic mass is 9.75. The maximum absolute atomic E-state index is 12.2. The predicted molar refractivity (Wildman–Crippen MR) is 84.6 cm³/mol. The van der Waals surface area contributed by atoms with Crippen LogP contribution in [0.2, 0.25) is 0 Å². The minimum absolute atomic E-state index is 0.0148. The van der Waals surface area contributed by atoms with E-state index in [9.17, 15) is 9.59 Å². The number of ether oxygens (including phenoxy) is 2. The molecule has 2 aliphatic rings. The molecule has 1 fully saturated rings. The Bertz CT molecular complexity index is 648. The van der Waals surface area contributed by atoms with Gasteiger partial charge in [0.15, 0.2) is 11.5 Å². The van der Waals surface area contributed by atoms with Gasteiger partial charge >= 0.3 is 0 Å². The van der Waals surface area contributed by atoms with Gasteiger partial charge in [-0.1, -0.05) is 0 Å². The summed E-state index contributed by atoms with van der Waals surface area (Å²) in [5, 5.41) is 3.16. The highest BCUT2D eigenvalue weighted by molar-refractivity contribution is 5.83. The van der Waals surface area contributed by atoms with E-state index in [1.807, 2.05) is 17.0 Å². The number of amides is 2. The summed E-state index contributed by atoms with van der Waals surface area (Å²) in [6, 6.07) is 3.86. The van der Waals surface area contributed by atoms with Gasteiger partial charge < -0.3 is 19.7 Å². The molecule has 1 aromatic rings. The minimum Gasteiger partial charge on any atom is -0.493 e. The third-order valence-electron chi connectivity index (χ3n) is 4.92. The number of carbonyl (C=O) groups excluding carboxylic acids is 2. The van der Waals surface area contributed by atoms with Crippen LogP contribution >= 0.6 is 0 Å². The van der Waals surface area contributed by atoms with Gasteiger partial charge in [-0.25, -0.2) is 0 Å². The van der Waals surface area contributed by atoms with Crippen molar-refractivity contribution < 1.29 is 19.1 Å². The average Bonchev–Trinajstić information content (AvgIpc) is 2.54. The molecule has 2 amide bonds. The molecule has 6 heteroatoms. The van der Waals surface area contributed by atoms with E-state index in [0.29, 0.717) is 43.9 Å². The van der Waals surface area contributed by atoms with Crippen molar-refractivity contribution in [1.29, 1.82) is 0 Å². The van der Waals surface area contributed by atoms with E-state index in [0.717, 1.165) is 11.1 Å². The minimum atomic E-state index is -0.420. The van der Waals surface area contributed by atoms with E-state index in [1.54, 1.807) is 21.1 Å². The van der Waals surface area contributed by atoms with E-state index in [-0.39, 0.29) is 11.8 Å². The van der Waals surface area contributed by atoms with Crippen molar-refractivity contribution in [2.24, 2.45) is 0 Å². The van der Waals surface area contributed by atoms with E-state index < -0.39 is 5.54 Å². The molecular weight excluding hydrogens is 296 g/mol.